The molecule has 0 aromatic rings. The van der Waals surface area contributed by atoms with Crippen molar-refractivity contribution < 1.29 is 0 Å². The van der Waals surface area contributed by atoms with E-state index in [1.165, 1.54) is 0 Å². The van der Waals surface area contributed by atoms with Crippen molar-refractivity contribution in [1.82, 2.24) is 4.42 Å². The molecule has 0 rings (SSSR count). The zero-order valence-corrected chi connectivity index (χ0v) is 9.86. The Labute approximate surface area is 90.3 Å². The average molecular weight is 217 g/mol. The fourth-order valence-corrected chi connectivity index (χ4v) is 1.48. The first-order valence-corrected chi connectivity index (χ1v) is 4.89. The molecule has 0 aliphatic heterocycles. The predicted octanol–water partition coefficient (Wildman–Crippen LogP) is 3.35. The van der Waals surface area contributed by atoms with Gasteiger partial charge >= 0.3 is 0 Å². The van der Waals surface area contributed by atoms with E-state index in [2.05, 4.69) is 23.9 Å². The summed E-state index contributed by atoms with van der Waals surface area (Å²) in [6.07, 6.45) is 2.03. The number of nitrogens with zero attached hydrogens (tertiary/aromatic N) is 4. The van der Waals surface area contributed by atoms with Crippen LogP contribution >= 0.6 is 11.8 Å². The second-order valence-corrected chi connectivity index (χ2v) is 4.19. The summed E-state index contributed by atoms with van der Waals surface area (Å²) >= 11 is 5.90. The Kier molecular flexibility index (Phi) is 6.37. The van der Waals surface area contributed by atoms with Gasteiger partial charge in [-0.2, -0.15) is 0 Å². The maximum absolute atomic E-state index is 8.16. The molecule has 0 aliphatic carbocycles. The van der Waals surface area contributed by atoms with Gasteiger partial charge in [0, 0.05) is 24.5 Å². The van der Waals surface area contributed by atoms with Crippen LogP contribution in [-0.2, 0) is 0 Å². The summed E-state index contributed by atoms with van der Waals surface area (Å²) in [7, 11) is 1.82. The molecule has 0 heterocycles. The van der Waals surface area contributed by atoms with Gasteiger partial charge in [0.15, 0.2) is 0 Å². The zero-order chi connectivity index (χ0) is 11.1. The van der Waals surface area contributed by atoms with Crippen molar-refractivity contribution in [3.63, 3.8) is 0 Å². The molecule has 1 atom stereocenters. The van der Waals surface area contributed by atoms with Crippen LogP contribution in [0.3, 0.4) is 0 Å². The van der Waals surface area contributed by atoms with Crippen molar-refractivity contribution in [2.45, 2.75) is 26.8 Å². The molecular weight excluding hydrogens is 200 g/mol. The molecule has 0 spiro atoms. The minimum Gasteiger partial charge on any atom is -0.216 e. The Hall–Kier alpha value is -0.700. The van der Waals surface area contributed by atoms with Crippen LogP contribution in [0.1, 0.15) is 20.8 Å². The summed E-state index contributed by atoms with van der Waals surface area (Å²) in [5.74, 6) is 0.429. The largest absolute Gasteiger partial charge is 0.216 e. The molecule has 0 aromatic heterocycles. The minimum atomic E-state index is 0.172. The van der Waals surface area contributed by atoms with Crippen LogP contribution in [-0.4, -0.2) is 24.1 Å². The van der Waals surface area contributed by atoms with Gasteiger partial charge in [-0.25, -0.2) is 4.42 Å². The molecule has 0 unspecified atom stereocenters. The third-order valence-electron chi connectivity index (χ3n) is 1.93. The first-order valence-electron chi connectivity index (χ1n) is 4.55. The molecular formula is C9H17ClN4. The highest BCUT2D eigenvalue weighted by molar-refractivity contribution is 6.13. The third kappa shape index (κ3) is 5.12. The molecule has 5 heteroatoms. The standard InChI is InChI=1S/C9H17ClN4/c1-7(2)9(14(4)10)5-8(3)6-12-13-11/h5,7,9H,6H2,1-4H3/b8-5+/t9-/m1/s1. The summed E-state index contributed by atoms with van der Waals surface area (Å²) in [5.41, 5.74) is 9.20. The average Bonchev–Trinajstić information content (AvgIpc) is 2.09. The van der Waals surface area contributed by atoms with Crippen molar-refractivity contribution in [2.75, 3.05) is 13.6 Å². The first-order chi connectivity index (χ1) is 6.49. The van der Waals surface area contributed by atoms with Gasteiger partial charge in [-0.1, -0.05) is 30.6 Å². The summed E-state index contributed by atoms with van der Waals surface area (Å²) in [4.78, 5) is 2.71. The minimum absolute atomic E-state index is 0.172. The second kappa shape index (κ2) is 6.71. The predicted molar refractivity (Wildman–Crippen MR) is 60.0 cm³/mol. The molecule has 0 N–H and O–H groups in total. The number of azide groups is 1. The number of rotatable bonds is 5. The van der Waals surface area contributed by atoms with E-state index in [0.29, 0.717) is 12.5 Å². The van der Waals surface area contributed by atoms with Gasteiger partial charge < -0.3 is 0 Å². The monoisotopic (exact) mass is 216 g/mol. The van der Waals surface area contributed by atoms with Crippen LogP contribution in [0, 0.1) is 5.92 Å². The van der Waals surface area contributed by atoms with Gasteiger partial charge in [-0.15, -0.1) is 0 Å². The van der Waals surface area contributed by atoms with Crippen LogP contribution in [0.5, 0.6) is 0 Å². The fourth-order valence-electron chi connectivity index (χ4n) is 1.19. The van der Waals surface area contributed by atoms with Gasteiger partial charge in [-0.3, -0.25) is 0 Å². The van der Waals surface area contributed by atoms with E-state index >= 15 is 0 Å². The summed E-state index contributed by atoms with van der Waals surface area (Å²) < 4.78 is 1.64. The molecule has 0 bridgehead atoms. The van der Waals surface area contributed by atoms with Gasteiger partial charge in [-0.05, 0) is 30.1 Å². The quantitative estimate of drug-likeness (QED) is 0.229. The Bertz CT molecular complexity index is 233. The molecule has 0 saturated carbocycles. The van der Waals surface area contributed by atoms with Gasteiger partial charge in [0.2, 0.25) is 0 Å². The van der Waals surface area contributed by atoms with Gasteiger partial charge in [0.1, 0.15) is 0 Å². The van der Waals surface area contributed by atoms with E-state index in [0.717, 1.165) is 5.57 Å². The number of likely N-dealkylation sites (N-methyl/N-ethyl adjacent to an activating group) is 1. The van der Waals surface area contributed by atoms with E-state index in [1.807, 2.05) is 20.0 Å². The van der Waals surface area contributed by atoms with Crippen molar-refractivity contribution >= 4 is 11.8 Å². The highest BCUT2D eigenvalue weighted by Gasteiger charge is 2.14. The van der Waals surface area contributed by atoms with Gasteiger partial charge in [0.05, 0.1) is 0 Å². The number of hydrogen-bond donors (Lipinski definition) is 0. The topological polar surface area (TPSA) is 52.0 Å². The van der Waals surface area contributed by atoms with Crippen molar-refractivity contribution in [2.24, 2.45) is 11.0 Å². The molecule has 0 aromatic carbocycles. The molecule has 14 heavy (non-hydrogen) atoms. The lowest BCUT2D eigenvalue weighted by Gasteiger charge is -2.22. The molecule has 0 aliphatic rings. The highest BCUT2D eigenvalue weighted by Crippen LogP contribution is 2.14. The normalized spacial score (nSPS) is 14.4. The van der Waals surface area contributed by atoms with Crippen molar-refractivity contribution in [1.29, 1.82) is 0 Å². The van der Waals surface area contributed by atoms with Crippen molar-refractivity contribution in [3.8, 4) is 0 Å². The fraction of sp³-hybridized carbons (Fsp3) is 0.778. The van der Waals surface area contributed by atoms with Crippen LogP contribution in [0.4, 0.5) is 0 Å². The van der Waals surface area contributed by atoms with Crippen LogP contribution in [0.2, 0.25) is 0 Å². The van der Waals surface area contributed by atoms with E-state index < -0.39 is 0 Å². The van der Waals surface area contributed by atoms with Crippen LogP contribution in [0.25, 0.3) is 10.4 Å². The molecule has 4 nitrogen and oxygen atoms in total. The lowest BCUT2D eigenvalue weighted by Crippen LogP contribution is -2.27. The smallest absolute Gasteiger partial charge is 0.0467 e. The maximum atomic E-state index is 8.16. The SMILES string of the molecule is C/C(=C\[C@H](C(C)C)N(C)Cl)CN=[N+]=[N-]. The molecule has 0 amide bonds. The Morgan fingerprint density at radius 1 is 1.64 bits per heavy atom. The van der Waals surface area contributed by atoms with Crippen LogP contribution < -0.4 is 0 Å². The van der Waals surface area contributed by atoms with E-state index in [1.54, 1.807) is 4.42 Å². The lowest BCUT2D eigenvalue weighted by atomic mass is 10.0. The summed E-state index contributed by atoms with van der Waals surface area (Å²) in [5, 5.41) is 3.49. The highest BCUT2D eigenvalue weighted by atomic mass is 35.5. The van der Waals surface area contributed by atoms with Crippen LogP contribution in [0.15, 0.2) is 16.8 Å². The maximum Gasteiger partial charge on any atom is 0.0467 e. The lowest BCUT2D eigenvalue weighted by molar-refractivity contribution is 0.365. The Morgan fingerprint density at radius 2 is 2.21 bits per heavy atom. The van der Waals surface area contributed by atoms with Crippen molar-refractivity contribution in [3.05, 3.63) is 22.1 Å². The summed E-state index contributed by atoms with van der Waals surface area (Å²) in [6, 6.07) is 0.172. The second-order valence-electron chi connectivity index (χ2n) is 3.66. The number of halogens is 1. The Balaban J connectivity index is 4.46. The molecule has 80 valence electrons. The molecule has 0 radical (unpaired) electrons. The third-order valence-corrected chi connectivity index (χ3v) is 2.16. The van der Waals surface area contributed by atoms with E-state index in [9.17, 15) is 0 Å². The van der Waals surface area contributed by atoms with E-state index in [4.69, 9.17) is 17.3 Å². The zero-order valence-electron chi connectivity index (χ0n) is 9.11. The van der Waals surface area contributed by atoms with E-state index in [-0.39, 0.29) is 6.04 Å². The first kappa shape index (κ1) is 13.3. The Morgan fingerprint density at radius 3 is 2.57 bits per heavy atom. The number of hydrogen-bond acceptors (Lipinski definition) is 2. The molecule has 0 fully saturated rings. The molecule has 0 saturated heterocycles. The van der Waals surface area contributed by atoms with Gasteiger partial charge in [0.25, 0.3) is 0 Å². The summed E-state index contributed by atoms with van der Waals surface area (Å²) in [6.45, 7) is 6.54.